The Bertz CT molecular complexity index is 1840. The van der Waals surface area contributed by atoms with Gasteiger partial charge < -0.3 is 16.0 Å². The lowest BCUT2D eigenvalue weighted by Gasteiger charge is -2.13. The molecule has 4 aromatic carbocycles. The molecule has 5 rings (SSSR count). The zero-order valence-corrected chi connectivity index (χ0v) is 26.9. The van der Waals surface area contributed by atoms with Crippen LogP contribution in [-0.4, -0.2) is 28.0 Å². The Balaban J connectivity index is 1.21. The Morgan fingerprint density at radius 3 is 2.24 bits per heavy atom. The van der Waals surface area contributed by atoms with Gasteiger partial charge in [-0.05, 0) is 73.2 Å². The molecule has 3 amide bonds. The van der Waals surface area contributed by atoms with Gasteiger partial charge in [0.1, 0.15) is 5.70 Å². The third-order valence-electron chi connectivity index (χ3n) is 6.40. The molecule has 0 radical (unpaired) electrons. The van der Waals surface area contributed by atoms with Crippen molar-refractivity contribution in [1.82, 2.24) is 10.3 Å². The minimum atomic E-state index is -0.520. The number of thiazole rings is 1. The van der Waals surface area contributed by atoms with Crippen LogP contribution >= 0.6 is 46.3 Å². The molecule has 226 valence electrons. The van der Waals surface area contributed by atoms with Crippen molar-refractivity contribution in [3.8, 4) is 11.3 Å². The summed E-state index contributed by atoms with van der Waals surface area (Å²) < 4.78 is 0. The highest BCUT2D eigenvalue weighted by Gasteiger charge is 2.18. The highest BCUT2D eigenvalue weighted by atomic mass is 35.5. The molecule has 1 heterocycles. The molecular formula is C34H26Cl2N4O3S2. The van der Waals surface area contributed by atoms with Crippen molar-refractivity contribution in [3.63, 3.8) is 0 Å². The summed E-state index contributed by atoms with van der Waals surface area (Å²) in [5, 5.41) is 11.5. The smallest absolute Gasteiger partial charge is 0.272 e. The zero-order valence-electron chi connectivity index (χ0n) is 23.8. The Labute approximate surface area is 278 Å². The zero-order chi connectivity index (χ0) is 31.8. The maximum Gasteiger partial charge on any atom is 0.272 e. The molecule has 0 aliphatic carbocycles. The van der Waals surface area contributed by atoms with Crippen molar-refractivity contribution < 1.29 is 14.4 Å². The number of carbonyl (C=O) groups is 3. The molecule has 0 aliphatic heterocycles. The summed E-state index contributed by atoms with van der Waals surface area (Å²) in [7, 11) is 0. The average Bonchev–Trinajstić information content (AvgIpc) is 3.51. The van der Waals surface area contributed by atoms with Crippen LogP contribution in [0.3, 0.4) is 0 Å². The van der Waals surface area contributed by atoms with Crippen LogP contribution < -0.4 is 16.0 Å². The van der Waals surface area contributed by atoms with Crippen molar-refractivity contribution >= 4 is 80.9 Å². The lowest BCUT2D eigenvalue weighted by Crippen LogP contribution is -2.30. The molecule has 0 saturated heterocycles. The summed E-state index contributed by atoms with van der Waals surface area (Å²) in [4.78, 5) is 44.4. The molecule has 3 N–H and O–H groups in total. The number of hydrogen-bond donors (Lipinski definition) is 3. The number of aromatic nitrogens is 1. The fraction of sp³-hybridized carbons (Fsp3) is 0.0588. The van der Waals surface area contributed by atoms with Gasteiger partial charge in [0, 0.05) is 37.1 Å². The van der Waals surface area contributed by atoms with Gasteiger partial charge in [0.05, 0.1) is 10.9 Å². The van der Waals surface area contributed by atoms with E-state index in [4.69, 9.17) is 23.2 Å². The number of nitrogens with zero attached hydrogens (tertiary/aromatic N) is 1. The number of amides is 3. The Morgan fingerprint density at radius 2 is 1.53 bits per heavy atom. The van der Waals surface area contributed by atoms with E-state index >= 15 is 0 Å². The second-order valence-corrected chi connectivity index (χ2v) is 12.8. The van der Waals surface area contributed by atoms with Gasteiger partial charge in [-0.15, -0.1) is 23.1 Å². The van der Waals surface area contributed by atoms with Gasteiger partial charge in [-0.1, -0.05) is 71.7 Å². The fourth-order valence-electron chi connectivity index (χ4n) is 4.05. The first kappa shape index (κ1) is 32.0. The highest BCUT2D eigenvalue weighted by molar-refractivity contribution is 8.00. The molecule has 0 aliphatic rings. The van der Waals surface area contributed by atoms with Gasteiger partial charge in [-0.25, -0.2) is 4.98 Å². The standard InChI is InChI=1S/C34H26Cl2N4O3S2/c1-21(31(41)40-34-39-30(20-44-34)22-11-13-25(35)14-12-22)45-27-17-15-26(16-18-27)37-33(43)29(19-24-9-5-6-10-28(24)36)38-32(42)23-7-3-2-4-8-23/h2-21H,1H3,(H,37,43)(H,38,42)(H,39,40,41)/b29-19-. The van der Waals surface area contributed by atoms with Crippen LogP contribution in [0.2, 0.25) is 10.0 Å². The number of halogens is 2. The summed E-state index contributed by atoms with van der Waals surface area (Å²) in [6.07, 6.45) is 1.53. The van der Waals surface area contributed by atoms with Gasteiger partial charge in [0.2, 0.25) is 5.91 Å². The second-order valence-electron chi connectivity index (χ2n) is 9.67. The highest BCUT2D eigenvalue weighted by Crippen LogP contribution is 2.29. The summed E-state index contributed by atoms with van der Waals surface area (Å²) in [5.41, 5.74) is 3.20. The molecule has 0 spiro atoms. The SMILES string of the molecule is CC(Sc1ccc(NC(=O)/C(=C/c2ccccc2Cl)NC(=O)c2ccccc2)cc1)C(=O)Nc1nc(-c2ccc(Cl)cc2)cs1. The van der Waals surface area contributed by atoms with Crippen LogP contribution in [0, 0.1) is 0 Å². The van der Waals surface area contributed by atoms with Crippen molar-refractivity contribution in [3.05, 3.63) is 135 Å². The number of benzene rings is 4. The Morgan fingerprint density at radius 1 is 0.844 bits per heavy atom. The molecule has 45 heavy (non-hydrogen) atoms. The minimum absolute atomic E-state index is 0.0297. The molecule has 0 saturated carbocycles. The third-order valence-corrected chi connectivity index (χ3v) is 8.87. The van der Waals surface area contributed by atoms with E-state index in [9.17, 15) is 14.4 Å². The quantitative estimate of drug-likeness (QED) is 0.102. The van der Waals surface area contributed by atoms with Crippen LogP contribution in [0.25, 0.3) is 17.3 Å². The van der Waals surface area contributed by atoms with Gasteiger partial charge in [0.15, 0.2) is 5.13 Å². The molecule has 7 nitrogen and oxygen atoms in total. The van der Waals surface area contributed by atoms with E-state index in [0.717, 1.165) is 16.2 Å². The van der Waals surface area contributed by atoms with Gasteiger partial charge in [-0.2, -0.15) is 0 Å². The van der Waals surface area contributed by atoms with Crippen LogP contribution in [0.4, 0.5) is 10.8 Å². The van der Waals surface area contributed by atoms with Crippen LogP contribution in [0.5, 0.6) is 0 Å². The molecule has 1 unspecified atom stereocenters. The van der Waals surface area contributed by atoms with E-state index in [0.29, 0.717) is 32.0 Å². The summed E-state index contributed by atoms with van der Waals surface area (Å²) in [6, 6.07) is 30.1. The molecule has 1 atom stereocenters. The lowest BCUT2D eigenvalue weighted by molar-refractivity contribution is -0.115. The van der Waals surface area contributed by atoms with Crippen molar-refractivity contribution in [2.24, 2.45) is 0 Å². The fourth-order valence-corrected chi connectivity index (χ4v) is 5.96. The molecule has 0 bridgehead atoms. The number of anilines is 2. The summed E-state index contributed by atoms with van der Waals surface area (Å²) >= 11 is 15.0. The van der Waals surface area contributed by atoms with Gasteiger partial charge in [-0.3, -0.25) is 14.4 Å². The first-order chi connectivity index (χ1) is 21.7. The number of hydrogen-bond acceptors (Lipinski definition) is 6. The Hall–Kier alpha value is -4.41. The molecule has 0 fully saturated rings. The second kappa shape index (κ2) is 15.0. The van der Waals surface area contributed by atoms with Crippen LogP contribution in [0.15, 0.2) is 119 Å². The molecule has 1 aromatic heterocycles. The maximum absolute atomic E-state index is 13.3. The minimum Gasteiger partial charge on any atom is -0.321 e. The molecule has 5 aromatic rings. The summed E-state index contributed by atoms with van der Waals surface area (Å²) in [6.45, 7) is 1.81. The largest absolute Gasteiger partial charge is 0.321 e. The topological polar surface area (TPSA) is 100 Å². The molecular weight excluding hydrogens is 647 g/mol. The van der Waals surface area contributed by atoms with E-state index in [2.05, 4.69) is 20.9 Å². The van der Waals surface area contributed by atoms with E-state index in [1.54, 1.807) is 78.9 Å². The van der Waals surface area contributed by atoms with Crippen molar-refractivity contribution in [2.45, 2.75) is 17.1 Å². The normalized spacial score (nSPS) is 11.8. The van der Waals surface area contributed by atoms with E-state index < -0.39 is 17.1 Å². The Kier molecular flexibility index (Phi) is 10.7. The van der Waals surface area contributed by atoms with E-state index in [-0.39, 0.29) is 11.6 Å². The first-order valence-electron chi connectivity index (χ1n) is 13.7. The van der Waals surface area contributed by atoms with Crippen LogP contribution in [0.1, 0.15) is 22.8 Å². The van der Waals surface area contributed by atoms with Crippen molar-refractivity contribution in [1.29, 1.82) is 0 Å². The van der Waals surface area contributed by atoms with Gasteiger partial charge >= 0.3 is 0 Å². The van der Waals surface area contributed by atoms with E-state index in [1.807, 2.05) is 36.6 Å². The monoisotopic (exact) mass is 672 g/mol. The predicted octanol–water partition coefficient (Wildman–Crippen LogP) is 8.65. The summed E-state index contributed by atoms with van der Waals surface area (Å²) in [5.74, 6) is -1.13. The molecule has 11 heteroatoms. The first-order valence-corrected chi connectivity index (χ1v) is 16.2. The van der Waals surface area contributed by atoms with Crippen LogP contribution in [-0.2, 0) is 9.59 Å². The number of carbonyl (C=O) groups excluding carboxylic acids is 3. The maximum atomic E-state index is 13.3. The number of thioether (sulfide) groups is 1. The number of nitrogens with one attached hydrogen (secondary N) is 3. The average molecular weight is 674 g/mol. The predicted molar refractivity (Wildman–Crippen MR) is 185 cm³/mol. The lowest BCUT2D eigenvalue weighted by atomic mass is 10.1. The van der Waals surface area contributed by atoms with E-state index in [1.165, 1.54) is 29.2 Å². The third kappa shape index (κ3) is 8.83. The van der Waals surface area contributed by atoms with Gasteiger partial charge in [0.25, 0.3) is 11.8 Å². The van der Waals surface area contributed by atoms with Crippen molar-refractivity contribution in [2.75, 3.05) is 10.6 Å². The number of rotatable bonds is 10.